The van der Waals surface area contributed by atoms with Crippen LogP contribution in [0.4, 0.5) is 0 Å². The molecule has 118 valence electrons. The Morgan fingerprint density at radius 1 is 1.22 bits per heavy atom. The van der Waals surface area contributed by atoms with Crippen LogP contribution in [0, 0.1) is 6.92 Å². The highest BCUT2D eigenvalue weighted by atomic mass is 32.1. The number of fused-ring (bicyclic) bond motifs is 1. The Kier molecular flexibility index (Phi) is 4.59. The standard InChI is InChI=1S/C18H18N2OS2/c1-12-8-9-14(22-12)10-11-17(21)20(3)13(2)18-19-15-6-4-5-7-16(15)23-18/h4-11,13H,1-3H3/b11-10+/t13-/m0/s1. The summed E-state index contributed by atoms with van der Waals surface area (Å²) in [6.45, 7) is 4.07. The molecule has 2 heterocycles. The van der Waals surface area contributed by atoms with Crippen LogP contribution in [0.3, 0.4) is 0 Å². The molecule has 0 bridgehead atoms. The average molecular weight is 342 g/mol. The number of aromatic nitrogens is 1. The Balaban J connectivity index is 1.74. The number of thiazole rings is 1. The van der Waals surface area contributed by atoms with Crippen LogP contribution >= 0.6 is 22.7 Å². The van der Waals surface area contributed by atoms with E-state index in [0.717, 1.165) is 20.1 Å². The van der Waals surface area contributed by atoms with E-state index in [0.29, 0.717) is 0 Å². The molecule has 3 aromatic rings. The van der Waals surface area contributed by atoms with Crippen molar-refractivity contribution in [3.63, 3.8) is 0 Å². The van der Waals surface area contributed by atoms with Gasteiger partial charge in [-0.1, -0.05) is 12.1 Å². The average Bonchev–Trinajstić information content (AvgIpc) is 3.16. The molecule has 0 N–H and O–H groups in total. The van der Waals surface area contributed by atoms with Crippen molar-refractivity contribution in [1.29, 1.82) is 0 Å². The highest BCUT2D eigenvalue weighted by Crippen LogP contribution is 2.29. The highest BCUT2D eigenvalue weighted by molar-refractivity contribution is 7.18. The van der Waals surface area contributed by atoms with E-state index in [2.05, 4.69) is 24.0 Å². The van der Waals surface area contributed by atoms with Gasteiger partial charge in [0.1, 0.15) is 5.01 Å². The Morgan fingerprint density at radius 2 is 2.00 bits per heavy atom. The number of aryl methyl sites for hydroxylation is 1. The number of rotatable bonds is 4. The van der Waals surface area contributed by atoms with Crippen LogP contribution in [0.1, 0.15) is 27.7 Å². The van der Waals surface area contributed by atoms with Gasteiger partial charge in [0.15, 0.2) is 0 Å². The van der Waals surface area contributed by atoms with Gasteiger partial charge in [-0.15, -0.1) is 22.7 Å². The maximum absolute atomic E-state index is 12.4. The summed E-state index contributed by atoms with van der Waals surface area (Å²) in [6.07, 6.45) is 3.51. The predicted octanol–water partition coefficient (Wildman–Crippen LogP) is 4.90. The second-order valence-corrected chi connectivity index (χ2v) is 7.81. The van der Waals surface area contributed by atoms with Crippen molar-refractivity contribution in [2.45, 2.75) is 19.9 Å². The third kappa shape index (κ3) is 3.51. The van der Waals surface area contributed by atoms with Gasteiger partial charge in [-0.2, -0.15) is 0 Å². The molecule has 1 amide bonds. The van der Waals surface area contributed by atoms with E-state index in [1.165, 1.54) is 4.88 Å². The predicted molar refractivity (Wildman–Crippen MR) is 98.9 cm³/mol. The van der Waals surface area contributed by atoms with E-state index in [4.69, 9.17) is 0 Å². The van der Waals surface area contributed by atoms with Crippen molar-refractivity contribution in [3.05, 3.63) is 57.2 Å². The topological polar surface area (TPSA) is 33.2 Å². The van der Waals surface area contributed by atoms with E-state index in [9.17, 15) is 4.79 Å². The minimum atomic E-state index is -0.0466. The van der Waals surface area contributed by atoms with Crippen LogP contribution in [-0.2, 0) is 4.79 Å². The van der Waals surface area contributed by atoms with E-state index in [-0.39, 0.29) is 11.9 Å². The van der Waals surface area contributed by atoms with Crippen molar-refractivity contribution in [2.24, 2.45) is 0 Å². The molecule has 3 rings (SSSR count). The number of amides is 1. The third-order valence-corrected chi connectivity index (χ3v) is 5.92. The number of hydrogen-bond donors (Lipinski definition) is 0. The van der Waals surface area contributed by atoms with Gasteiger partial charge in [-0.05, 0) is 44.2 Å². The van der Waals surface area contributed by atoms with Crippen molar-refractivity contribution in [2.75, 3.05) is 7.05 Å². The van der Waals surface area contributed by atoms with Crippen LogP contribution in [0.15, 0.2) is 42.5 Å². The molecule has 2 aromatic heterocycles. The van der Waals surface area contributed by atoms with E-state index in [1.807, 2.05) is 44.3 Å². The molecule has 0 saturated carbocycles. The molecule has 0 unspecified atom stereocenters. The van der Waals surface area contributed by atoms with E-state index in [1.54, 1.807) is 33.6 Å². The molecule has 5 heteroatoms. The second kappa shape index (κ2) is 6.64. The molecule has 1 atom stereocenters. The molecule has 0 aliphatic carbocycles. The number of para-hydroxylation sites is 1. The normalized spacial score (nSPS) is 12.8. The number of thiophene rings is 1. The van der Waals surface area contributed by atoms with Crippen LogP contribution in [0.25, 0.3) is 16.3 Å². The van der Waals surface area contributed by atoms with Crippen LogP contribution < -0.4 is 0 Å². The Morgan fingerprint density at radius 3 is 2.70 bits per heavy atom. The van der Waals surface area contributed by atoms with Crippen LogP contribution in [0.2, 0.25) is 0 Å². The molecular formula is C18H18N2OS2. The summed E-state index contributed by atoms with van der Waals surface area (Å²) in [5, 5.41) is 0.961. The van der Waals surface area contributed by atoms with Gasteiger partial charge >= 0.3 is 0 Å². The van der Waals surface area contributed by atoms with E-state index >= 15 is 0 Å². The maximum atomic E-state index is 12.4. The summed E-state index contributed by atoms with van der Waals surface area (Å²) in [6, 6.07) is 12.1. The summed E-state index contributed by atoms with van der Waals surface area (Å²) < 4.78 is 1.15. The largest absolute Gasteiger partial charge is 0.333 e. The fraction of sp³-hybridized carbons (Fsp3) is 0.222. The van der Waals surface area contributed by atoms with Gasteiger partial charge in [0.2, 0.25) is 5.91 Å². The molecule has 0 spiro atoms. The lowest BCUT2D eigenvalue weighted by Crippen LogP contribution is -2.27. The van der Waals surface area contributed by atoms with Gasteiger partial charge < -0.3 is 4.90 Å². The van der Waals surface area contributed by atoms with Crippen molar-refractivity contribution in [1.82, 2.24) is 9.88 Å². The molecule has 1 aromatic carbocycles. The minimum Gasteiger partial charge on any atom is -0.333 e. The molecule has 0 aliphatic heterocycles. The number of carbonyl (C=O) groups is 1. The maximum Gasteiger partial charge on any atom is 0.246 e. The number of hydrogen-bond acceptors (Lipinski definition) is 4. The molecule has 0 aliphatic rings. The zero-order chi connectivity index (χ0) is 16.4. The summed E-state index contributed by atoms with van der Waals surface area (Å²) >= 11 is 3.32. The van der Waals surface area contributed by atoms with Crippen molar-refractivity contribution < 1.29 is 4.79 Å². The lowest BCUT2D eigenvalue weighted by molar-refractivity contribution is -0.126. The fourth-order valence-corrected chi connectivity index (χ4v) is 4.08. The third-order valence-electron chi connectivity index (χ3n) is 3.75. The highest BCUT2D eigenvalue weighted by Gasteiger charge is 2.19. The smallest absolute Gasteiger partial charge is 0.246 e. The summed E-state index contributed by atoms with van der Waals surface area (Å²) in [5.74, 6) is -0.0113. The molecule has 23 heavy (non-hydrogen) atoms. The Labute approximate surface area is 143 Å². The number of likely N-dealkylation sites (N-methyl/N-ethyl adjacent to an activating group) is 1. The van der Waals surface area contributed by atoms with Gasteiger partial charge in [0, 0.05) is 22.9 Å². The van der Waals surface area contributed by atoms with E-state index < -0.39 is 0 Å². The zero-order valence-corrected chi connectivity index (χ0v) is 14.9. The second-order valence-electron chi connectivity index (χ2n) is 5.43. The summed E-state index contributed by atoms with van der Waals surface area (Å²) in [4.78, 5) is 21.1. The fourth-order valence-electron chi connectivity index (χ4n) is 2.24. The van der Waals surface area contributed by atoms with Gasteiger partial charge in [0.05, 0.1) is 16.3 Å². The summed E-state index contributed by atoms with van der Waals surface area (Å²) in [7, 11) is 1.82. The Bertz CT molecular complexity index is 830. The molecule has 0 fully saturated rings. The quantitative estimate of drug-likeness (QED) is 0.632. The molecule has 0 saturated heterocycles. The first kappa shape index (κ1) is 15.9. The molecule has 3 nitrogen and oxygen atoms in total. The first-order chi connectivity index (χ1) is 11.0. The van der Waals surface area contributed by atoms with Crippen molar-refractivity contribution >= 4 is 44.9 Å². The number of benzene rings is 1. The Hall–Kier alpha value is -1.98. The molecular weight excluding hydrogens is 324 g/mol. The van der Waals surface area contributed by atoms with Gasteiger partial charge in [0.25, 0.3) is 0 Å². The van der Waals surface area contributed by atoms with Crippen molar-refractivity contribution in [3.8, 4) is 0 Å². The first-order valence-corrected chi connectivity index (χ1v) is 9.04. The SMILES string of the molecule is Cc1ccc(/C=C/C(=O)N(C)[C@@H](C)c2nc3ccccc3s2)s1. The lowest BCUT2D eigenvalue weighted by Gasteiger charge is -2.21. The zero-order valence-electron chi connectivity index (χ0n) is 13.3. The van der Waals surface area contributed by atoms with Crippen LogP contribution in [-0.4, -0.2) is 22.8 Å². The monoisotopic (exact) mass is 342 g/mol. The minimum absolute atomic E-state index is 0.0113. The van der Waals surface area contributed by atoms with Gasteiger partial charge in [-0.3, -0.25) is 4.79 Å². The lowest BCUT2D eigenvalue weighted by atomic mass is 10.3. The first-order valence-electron chi connectivity index (χ1n) is 7.41. The molecule has 0 radical (unpaired) electrons. The van der Waals surface area contributed by atoms with Crippen LogP contribution in [0.5, 0.6) is 0 Å². The summed E-state index contributed by atoms with van der Waals surface area (Å²) in [5.41, 5.74) is 0.991. The van der Waals surface area contributed by atoms with Gasteiger partial charge in [-0.25, -0.2) is 4.98 Å². The number of carbonyl (C=O) groups excluding carboxylic acids is 1. The number of nitrogens with zero attached hydrogens (tertiary/aromatic N) is 2.